The first kappa shape index (κ1) is 23.0. The molecule has 2 aromatic heterocycles. The topological polar surface area (TPSA) is 115 Å². The maximum Gasteiger partial charge on any atom is 0.359 e. The summed E-state index contributed by atoms with van der Waals surface area (Å²) in [4.78, 5) is 35.0. The Labute approximate surface area is 205 Å². The van der Waals surface area contributed by atoms with Gasteiger partial charge in [0.25, 0.3) is 0 Å². The molecule has 0 unspecified atom stereocenters. The monoisotopic (exact) mass is 484 g/mol. The second-order valence-corrected chi connectivity index (χ2v) is 8.57. The number of nitriles is 1. The van der Waals surface area contributed by atoms with Gasteiger partial charge in [0.15, 0.2) is 0 Å². The molecule has 0 spiro atoms. The van der Waals surface area contributed by atoms with Crippen LogP contribution >= 0.6 is 0 Å². The van der Waals surface area contributed by atoms with E-state index in [2.05, 4.69) is 15.3 Å². The van der Waals surface area contributed by atoms with E-state index in [1.807, 2.05) is 19.1 Å². The number of nitrogens with one attached hydrogen (secondary N) is 1. The van der Waals surface area contributed by atoms with Crippen LogP contribution in [0.4, 0.5) is 16.0 Å². The molecule has 10 heteroatoms. The standard InChI is InChI=1S/C26H21FN6O3/c1-15-7-20(13-29-12-15)33-25(34)31-24(30-22-10-18-5-6-36-23(18)8-16(22)2)32(26(33)35)14-17-3-4-21(27)19(9-17)11-28/h3-4,7-10,12-13H,5-6,14H2,1-2H3,(H,30,31,34). The normalized spacial score (nSPS) is 12.1. The van der Waals surface area contributed by atoms with Crippen molar-refractivity contribution in [1.29, 1.82) is 5.26 Å². The molecule has 0 saturated heterocycles. The van der Waals surface area contributed by atoms with Gasteiger partial charge in [0, 0.05) is 18.3 Å². The van der Waals surface area contributed by atoms with Crippen LogP contribution in [0.15, 0.2) is 58.4 Å². The highest BCUT2D eigenvalue weighted by atomic mass is 19.1. The number of benzene rings is 2. The molecule has 0 radical (unpaired) electrons. The number of aryl methyl sites for hydroxylation is 2. The Hall–Kier alpha value is -4.78. The molecule has 1 N–H and O–H groups in total. The first-order valence-corrected chi connectivity index (χ1v) is 11.2. The molecular weight excluding hydrogens is 463 g/mol. The van der Waals surface area contributed by atoms with Crippen LogP contribution in [-0.4, -0.2) is 25.7 Å². The largest absolute Gasteiger partial charge is 0.493 e. The van der Waals surface area contributed by atoms with Crippen molar-refractivity contribution in [2.75, 3.05) is 11.9 Å². The summed E-state index contributed by atoms with van der Waals surface area (Å²) in [5.41, 5.74) is 2.48. The minimum absolute atomic E-state index is 0.0201. The molecule has 0 saturated carbocycles. The Balaban J connectivity index is 1.67. The van der Waals surface area contributed by atoms with Gasteiger partial charge in [-0.2, -0.15) is 10.2 Å². The van der Waals surface area contributed by atoms with Gasteiger partial charge in [-0.3, -0.25) is 9.55 Å². The highest BCUT2D eigenvalue weighted by molar-refractivity contribution is 5.63. The third kappa shape index (κ3) is 4.22. The smallest absolute Gasteiger partial charge is 0.359 e. The molecular formula is C26H21FN6O3. The van der Waals surface area contributed by atoms with E-state index in [0.29, 0.717) is 17.9 Å². The second kappa shape index (κ2) is 9.11. The molecule has 5 rings (SSSR count). The van der Waals surface area contributed by atoms with Gasteiger partial charge in [-0.05, 0) is 66.4 Å². The fraction of sp³-hybridized carbons (Fsp3) is 0.192. The van der Waals surface area contributed by atoms with Crippen molar-refractivity contribution in [3.8, 4) is 17.5 Å². The number of hydrogen-bond donors (Lipinski definition) is 1. The Morgan fingerprint density at radius 3 is 2.78 bits per heavy atom. The molecule has 0 fully saturated rings. The number of ether oxygens (including phenoxy) is 1. The Morgan fingerprint density at radius 2 is 2.00 bits per heavy atom. The fourth-order valence-electron chi connectivity index (χ4n) is 4.14. The maximum absolute atomic E-state index is 13.9. The average Bonchev–Trinajstić information content (AvgIpc) is 3.29. The van der Waals surface area contributed by atoms with Crippen molar-refractivity contribution in [1.82, 2.24) is 19.1 Å². The van der Waals surface area contributed by atoms with Gasteiger partial charge in [0.1, 0.15) is 17.6 Å². The van der Waals surface area contributed by atoms with Gasteiger partial charge >= 0.3 is 11.4 Å². The van der Waals surface area contributed by atoms with Crippen LogP contribution in [0.25, 0.3) is 5.69 Å². The molecule has 4 aromatic rings. The number of fused-ring (bicyclic) bond motifs is 1. The van der Waals surface area contributed by atoms with Gasteiger partial charge in [-0.1, -0.05) is 6.07 Å². The summed E-state index contributed by atoms with van der Waals surface area (Å²) in [5.74, 6) is 0.171. The molecule has 180 valence electrons. The number of nitrogens with zero attached hydrogens (tertiary/aromatic N) is 5. The predicted octanol–water partition coefficient (Wildman–Crippen LogP) is 3.14. The zero-order valence-corrected chi connectivity index (χ0v) is 19.6. The molecule has 1 aliphatic heterocycles. The van der Waals surface area contributed by atoms with Crippen LogP contribution in [0.2, 0.25) is 0 Å². The van der Waals surface area contributed by atoms with Crippen molar-refractivity contribution < 1.29 is 9.13 Å². The summed E-state index contributed by atoms with van der Waals surface area (Å²) in [5, 5.41) is 12.4. The molecule has 36 heavy (non-hydrogen) atoms. The fourth-order valence-corrected chi connectivity index (χ4v) is 4.14. The van der Waals surface area contributed by atoms with E-state index in [1.165, 1.54) is 29.0 Å². The lowest BCUT2D eigenvalue weighted by atomic mass is 10.1. The van der Waals surface area contributed by atoms with Gasteiger partial charge < -0.3 is 10.1 Å². The Kier molecular flexibility index (Phi) is 5.82. The zero-order chi connectivity index (χ0) is 25.4. The maximum atomic E-state index is 13.9. The van der Waals surface area contributed by atoms with Crippen LogP contribution in [0.3, 0.4) is 0 Å². The quantitative estimate of drug-likeness (QED) is 0.463. The van der Waals surface area contributed by atoms with E-state index in [9.17, 15) is 19.2 Å². The van der Waals surface area contributed by atoms with Gasteiger partial charge in [0.05, 0.1) is 30.6 Å². The third-order valence-electron chi connectivity index (χ3n) is 5.96. The number of hydrogen-bond acceptors (Lipinski definition) is 7. The number of anilines is 2. The summed E-state index contributed by atoms with van der Waals surface area (Å²) >= 11 is 0. The van der Waals surface area contributed by atoms with E-state index in [-0.39, 0.29) is 23.7 Å². The van der Waals surface area contributed by atoms with Gasteiger partial charge in [0.2, 0.25) is 5.95 Å². The SMILES string of the molecule is Cc1cncc(-n2c(=O)nc(Nc3cc4c(cc3C)OCC4)n(Cc3ccc(F)c(C#N)c3)c2=O)c1. The van der Waals surface area contributed by atoms with Crippen LogP contribution in [-0.2, 0) is 13.0 Å². The van der Waals surface area contributed by atoms with Crippen LogP contribution in [0.1, 0.15) is 27.8 Å². The lowest BCUT2D eigenvalue weighted by molar-refractivity contribution is 0.356. The minimum atomic E-state index is -0.773. The minimum Gasteiger partial charge on any atom is -0.493 e. The molecule has 9 nitrogen and oxygen atoms in total. The Morgan fingerprint density at radius 1 is 1.17 bits per heavy atom. The molecule has 0 bridgehead atoms. The van der Waals surface area contributed by atoms with E-state index in [1.54, 1.807) is 25.3 Å². The predicted molar refractivity (Wildman–Crippen MR) is 131 cm³/mol. The first-order chi connectivity index (χ1) is 17.3. The van der Waals surface area contributed by atoms with Crippen molar-refractivity contribution >= 4 is 11.6 Å². The summed E-state index contributed by atoms with van der Waals surface area (Å²) in [7, 11) is 0. The summed E-state index contributed by atoms with van der Waals surface area (Å²) in [6.07, 6.45) is 3.77. The molecule has 3 heterocycles. The summed E-state index contributed by atoms with van der Waals surface area (Å²) in [6.45, 7) is 4.21. The van der Waals surface area contributed by atoms with Gasteiger partial charge in [-0.25, -0.2) is 18.5 Å². The van der Waals surface area contributed by atoms with Crippen LogP contribution in [0, 0.1) is 31.0 Å². The molecule has 1 aliphatic rings. The lowest BCUT2D eigenvalue weighted by Crippen LogP contribution is -2.41. The van der Waals surface area contributed by atoms with Crippen LogP contribution in [0.5, 0.6) is 5.75 Å². The highest BCUT2D eigenvalue weighted by Gasteiger charge is 2.19. The molecule has 0 aliphatic carbocycles. The zero-order valence-electron chi connectivity index (χ0n) is 19.6. The van der Waals surface area contributed by atoms with Crippen molar-refractivity contribution in [2.24, 2.45) is 0 Å². The number of pyridine rings is 1. The average molecular weight is 484 g/mol. The lowest BCUT2D eigenvalue weighted by Gasteiger charge is -2.17. The van der Waals surface area contributed by atoms with Crippen LogP contribution < -0.4 is 21.4 Å². The van der Waals surface area contributed by atoms with Crippen molar-refractivity contribution in [2.45, 2.75) is 26.8 Å². The summed E-state index contributed by atoms with van der Waals surface area (Å²) < 4.78 is 21.7. The van der Waals surface area contributed by atoms with Gasteiger partial charge in [-0.15, -0.1) is 0 Å². The van der Waals surface area contributed by atoms with E-state index < -0.39 is 17.2 Å². The van der Waals surface area contributed by atoms with Crippen molar-refractivity contribution in [3.63, 3.8) is 0 Å². The van der Waals surface area contributed by atoms with E-state index in [4.69, 9.17) is 4.74 Å². The van der Waals surface area contributed by atoms with E-state index in [0.717, 1.165) is 33.4 Å². The number of aromatic nitrogens is 4. The highest BCUT2D eigenvalue weighted by Crippen LogP contribution is 2.32. The molecule has 2 aromatic carbocycles. The summed E-state index contributed by atoms with van der Waals surface area (Å²) in [6, 6.07) is 11.3. The third-order valence-corrected chi connectivity index (χ3v) is 5.96. The number of rotatable bonds is 5. The number of halogens is 1. The van der Waals surface area contributed by atoms with Crippen molar-refractivity contribution in [3.05, 3.63) is 103 Å². The first-order valence-electron chi connectivity index (χ1n) is 11.2. The second-order valence-electron chi connectivity index (χ2n) is 8.57. The van der Waals surface area contributed by atoms with E-state index >= 15 is 0 Å². The Bertz CT molecular complexity index is 1670. The molecule has 0 atom stereocenters. The molecule has 0 amide bonds.